The molecule has 1 aromatic carbocycles. The summed E-state index contributed by atoms with van der Waals surface area (Å²) in [6.07, 6.45) is -0.111. The summed E-state index contributed by atoms with van der Waals surface area (Å²) in [4.78, 5) is 4.14. The van der Waals surface area contributed by atoms with E-state index in [1.54, 1.807) is 0 Å². The van der Waals surface area contributed by atoms with Gasteiger partial charge < -0.3 is 11.1 Å². The third kappa shape index (κ3) is 4.52. The molecule has 0 amide bonds. The SMILES string of the molecule is CCc1cccc(CC)c1NC(N)=N[C@H]1C[C@@H]1C(F)F.I. The highest BCUT2D eigenvalue weighted by Gasteiger charge is 2.44. The van der Waals surface area contributed by atoms with Gasteiger partial charge in [0.15, 0.2) is 5.96 Å². The molecular weight excluding hydrogens is 387 g/mol. The van der Waals surface area contributed by atoms with Crippen molar-refractivity contribution in [1.29, 1.82) is 0 Å². The van der Waals surface area contributed by atoms with E-state index in [1.807, 2.05) is 18.2 Å². The van der Waals surface area contributed by atoms with E-state index in [2.05, 4.69) is 24.2 Å². The van der Waals surface area contributed by atoms with E-state index >= 15 is 0 Å². The summed E-state index contributed by atoms with van der Waals surface area (Å²) < 4.78 is 24.9. The minimum absolute atomic E-state index is 0. The van der Waals surface area contributed by atoms with Crippen molar-refractivity contribution in [2.75, 3.05) is 5.32 Å². The Balaban J connectivity index is 0.00000220. The van der Waals surface area contributed by atoms with Gasteiger partial charge in [-0.25, -0.2) is 13.8 Å². The number of hydrogen-bond acceptors (Lipinski definition) is 1. The molecule has 21 heavy (non-hydrogen) atoms. The topological polar surface area (TPSA) is 50.4 Å². The number of aliphatic imine (C=N–C) groups is 1. The molecule has 118 valence electrons. The normalized spacial score (nSPS) is 21.1. The molecule has 0 radical (unpaired) electrons. The fraction of sp³-hybridized carbons (Fsp3) is 0.533. The first-order valence-corrected chi connectivity index (χ1v) is 7.06. The van der Waals surface area contributed by atoms with Crippen molar-refractivity contribution in [1.82, 2.24) is 0 Å². The van der Waals surface area contributed by atoms with E-state index in [0.29, 0.717) is 6.42 Å². The second-order valence-electron chi connectivity index (χ2n) is 5.10. The highest BCUT2D eigenvalue weighted by Crippen LogP contribution is 2.39. The second kappa shape index (κ2) is 7.91. The van der Waals surface area contributed by atoms with Crippen LogP contribution < -0.4 is 11.1 Å². The molecule has 0 aromatic heterocycles. The molecular formula is C15H22F2IN3. The minimum Gasteiger partial charge on any atom is -0.370 e. The Labute approximate surface area is 141 Å². The number of para-hydroxylation sites is 1. The highest BCUT2D eigenvalue weighted by molar-refractivity contribution is 14.0. The van der Waals surface area contributed by atoms with Gasteiger partial charge in [-0.1, -0.05) is 32.0 Å². The van der Waals surface area contributed by atoms with Crippen LogP contribution in [0.1, 0.15) is 31.4 Å². The molecule has 1 aliphatic rings. The van der Waals surface area contributed by atoms with Crippen LogP contribution in [0.25, 0.3) is 0 Å². The Morgan fingerprint density at radius 3 is 2.33 bits per heavy atom. The molecule has 0 heterocycles. The molecule has 0 bridgehead atoms. The first-order chi connectivity index (χ1) is 9.56. The minimum atomic E-state index is -2.30. The summed E-state index contributed by atoms with van der Waals surface area (Å²) in [7, 11) is 0. The van der Waals surface area contributed by atoms with Crippen molar-refractivity contribution in [3.05, 3.63) is 29.3 Å². The average Bonchev–Trinajstić information content (AvgIpc) is 3.18. The Morgan fingerprint density at radius 2 is 1.90 bits per heavy atom. The van der Waals surface area contributed by atoms with Crippen LogP contribution >= 0.6 is 24.0 Å². The lowest BCUT2D eigenvalue weighted by atomic mass is 10.0. The van der Waals surface area contributed by atoms with E-state index in [1.165, 1.54) is 0 Å². The van der Waals surface area contributed by atoms with Crippen LogP contribution in [0.4, 0.5) is 14.5 Å². The quantitative estimate of drug-likeness (QED) is 0.442. The van der Waals surface area contributed by atoms with Gasteiger partial charge in [0, 0.05) is 11.6 Å². The summed E-state index contributed by atoms with van der Waals surface area (Å²) >= 11 is 0. The molecule has 1 aromatic rings. The lowest BCUT2D eigenvalue weighted by Crippen LogP contribution is -2.25. The number of hydrogen-bond donors (Lipinski definition) is 2. The molecule has 0 spiro atoms. The summed E-state index contributed by atoms with van der Waals surface area (Å²) in [5, 5.41) is 3.09. The predicted molar refractivity (Wildman–Crippen MR) is 93.8 cm³/mol. The van der Waals surface area contributed by atoms with E-state index < -0.39 is 12.3 Å². The van der Waals surface area contributed by atoms with Crippen molar-refractivity contribution >= 4 is 35.6 Å². The molecule has 1 aliphatic carbocycles. The Morgan fingerprint density at radius 1 is 1.33 bits per heavy atom. The zero-order valence-electron chi connectivity index (χ0n) is 12.3. The molecule has 0 unspecified atom stereocenters. The summed E-state index contributed by atoms with van der Waals surface area (Å²) in [6.45, 7) is 4.14. The zero-order chi connectivity index (χ0) is 14.7. The molecule has 0 aliphatic heterocycles. The summed E-state index contributed by atoms with van der Waals surface area (Å²) in [5.74, 6) is -0.392. The fourth-order valence-corrected chi connectivity index (χ4v) is 2.36. The number of halogens is 3. The Bertz CT molecular complexity index is 483. The maximum Gasteiger partial charge on any atom is 0.243 e. The van der Waals surface area contributed by atoms with E-state index in [0.717, 1.165) is 29.7 Å². The van der Waals surface area contributed by atoms with Crippen LogP contribution in [0.2, 0.25) is 0 Å². The van der Waals surface area contributed by atoms with Crippen LogP contribution in [-0.2, 0) is 12.8 Å². The van der Waals surface area contributed by atoms with Gasteiger partial charge in [0.25, 0.3) is 0 Å². The van der Waals surface area contributed by atoms with Crippen LogP contribution in [-0.4, -0.2) is 18.4 Å². The number of alkyl halides is 2. The number of benzene rings is 1. The maximum absolute atomic E-state index is 12.5. The molecule has 3 N–H and O–H groups in total. The Hall–Kier alpha value is -0.920. The molecule has 6 heteroatoms. The standard InChI is InChI=1S/C15H21F2N3.HI/c1-3-9-6-5-7-10(4-2)13(9)20-15(18)19-12-8-11(12)14(16)17;/h5-7,11-12,14H,3-4,8H2,1-2H3,(H3,18,19,20);1H/t11-,12-;/m0./s1. The molecule has 2 rings (SSSR count). The highest BCUT2D eigenvalue weighted by atomic mass is 127. The smallest absolute Gasteiger partial charge is 0.243 e. The fourth-order valence-electron chi connectivity index (χ4n) is 2.36. The van der Waals surface area contributed by atoms with Gasteiger partial charge in [0.1, 0.15) is 0 Å². The summed E-state index contributed by atoms with van der Waals surface area (Å²) in [6, 6.07) is 5.76. The largest absolute Gasteiger partial charge is 0.370 e. The first-order valence-electron chi connectivity index (χ1n) is 7.06. The number of nitrogens with zero attached hydrogens (tertiary/aromatic N) is 1. The number of nitrogens with one attached hydrogen (secondary N) is 1. The lowest BCUT2D eigenvalue weighted by molar-refractivity contribution is 0.121. The van der Waals surface area contributed by atoms with Gasteiger partial charge in [-0.3, -0.25) is 0 Å². The molecule has 2 atom stereocenters. The van der Waals surface area contributed by atoms with Crippen molar-refractivity contribution in [3.63, 3.8) is 0 Å². The van der Waals surface area contributed by atoms with Gasteiger partial charge in [0.2, 0.25) is 6.43 Å². The second-order valence-corrected chi connectivity index (χ2v) is 5.10. The summed E-state index contributed by atoms with van der Waals surface area (Å²) in [5.41, 5.74) is 9.13. The molecule has 1 fully saturated rings. The van der Waals surface area contributed by atoms with E-state index in [-0.39, 0.29) is 36.0 Å². The third-order valence-corrected chi connectivity index (χ3v) is 3.69. The third-order valence-electron chi connectivity index (χ3n) is 3.69. The van der Waals surface area contributed by atoms with Crippen molar-refractivity contribution in [2.24, 2.45) is 16.6 Å². The molecule has 3 nitrogen and oxygen atoms in total. The van der Waals surface area contributed by atoms with Gasteiger partial charge in [-0.15, -0.1) is 24.0 Å². The van der Waals surface area contributed by atoms with Crippen LogP contribution in [0, 0.1) is 5.92 Å². The van der Waals surface area contributed by atoms with Crippen molar-refractivity contribution in [2.45, 2.75) is 45.6 Å². The van der Waals surface area contributed by atoms with Gasteiger partial charge in [0.05, 0.1) is 6.04 Å². The first kappa shape index (κ1) is 18.1. The van der Waals surface area contributed by atoms with Crippen LogP contribution in [0.15, 0.2) is 23.2 Å². The zero-order valence-corrected chi connectivity index (χ0v) is 14.6. The number of nitrogens with two attached hydrogens (primary N) is 1. The number of aryl methyl sites for hydroxylation is 2. The van der Waals surface area contributed by atoms with Gasteiger partial charge >= 0.3 is 0 Å². The van der Waals surface area contributed by atoms with Gasteiger partial charge in [-0.05, 0) is 30.4 Å². The number of rotatable bonds is 5. The van der Waals surface area contributed by atoms with Crippen LogP contribution in [0.3, 0.4) is 0 Å². The molecule has 1 saturated carbocycles. The van der Waals surface area contributed by atoms with Crippen LogP contribution in [0.5, 0.6) is 0 Å². The van der Waals surface area contributed by atoms with E-state index in [4.69, 9.17) is 5.73 Å². The van der Waals surface area contributed by atoms with Gasteiger partial charge in [-0.2, -0.15) is 0 Å². The van der Waals surface area contributed by atoms with E-state index in [9.17, 15) is 8.78 Å². The van der Waals surface area contributed by atoms with Crippen molar-refractivity contribution in [3.8, 4) is 0 Å². The lowest BCUT2D eigenvalue weighted by Gasteiger charge is -2.14. The maximum atomic E-state index is 12.5. The number of guanidine groups is 1. The number of anilines is 1. The average molecular weight is 409 g/mol. The Kier molecular flexibility index (Phi) is 6.83. The predicted octanol–water partition coefficient (Wildman–Crippen LogP) is 3.81. The van der Waals surface area contributed by atoms with Crippen molar-refractivity contribution < 1.29 is 8.78 Å². The molecule has 0 saturated heterocycles. The monoisotopic (exact) mass is 409 g/mol.